The van der Waals surface area contributed by atoms with Gasteiger partial charge in [0.25, 0.3) is 0 Å². The summed E-state index contributed by atoms with van der Waals surface area (Å²) >= 11 is 24.8. The number of fused-ring (bicyclic) bond motifs is 1. The lowest BCUT2D eigenvalue weighted by Crippen LogP contribution is -2.30. The highest BCUT2D eigenvalue weighted by Crippen LogP contribution is 2.42. The van der Waals surface area contributed by atoms with Crippen molar-refractivity contribution in [1.82, 2.24) is 24.7 Å². The van der Waals surface area contributed by atoms with Crippen LogP contribution in [0, 0.1) is 34.0 Å². The first kappa shape index (κ1) is 82.9. The summed E-state index contributed by atoms with van der Waals surface area (Å²) in [7, 11) is -5.36. The van der Waals surface area contributed by atoms with Crippen LogP contribution in [0.3, 0.4) is 0 Å². The molecular weight excluding hydrogens is 1520 g/mol. The molecule has 0 radical (unpaired) electrons. The molecule has 0 fully saturated rings. The Balaban J connectivity index is 0.000000204. The summed E-state index contributed by atoms with van der Waals surface area (Å²) in [5.74, 6) is 1.50. The second-order valence-electron chi connectivity index (χ2n) is 25.1. The third kappa shape index (κ3) is 22.4. The second kappa shape index (κ2) is 36.2. The standard InChI is InChI=1S/C26H26ClF3N4O3.C26H29ClN4O4S.C24H18Cl2N4O4S/c1-5-10-36-23-16(14-31)11-18(12-21(23)27)25(2,3)17-6-8-20(9-7-17)37-15-19-13-22(33-34(19)4)32-24(35)26(28,29)30;1-5-12-34-24-18(15-28)13-20(14-22(24)27)26(2,3)19-7-9-21(10-8-19)35-16-17-6-11-23(30-25(17)29)31-36(4,32)33;1-35(31,32)30-24-28-14-18-10-16(4-7-22(18)29-24)15-2-5-19(6-3-15)34-20-11-17(13-27)23(21(26)12-20)33-9-8-25/h6-9,11-13H,5,10,15H2,1-4H3,(H,32,33,35);6-11,13-14H,5,12,16H2,1-4H3,(H3,29,30,31);2-7,10-12,14H,8-9H2,1H3,(H,28,29,30). The number of rotatable bonds is 27. The van der Waals surface area contributed by atoms with E-state index in [1.165, 1.54) is 23.9 Å². The van der Waals surface area contributed by atoms with Crippen LogP contribution in [-0.4, -0.2) is 91.9 Å². The maximum atomic E-state index is 12.5. The van der Waals surface area contributed by atoms with Gasteiger partial charge in [-0.1, -0.05) is 119 Å². The molecule has 32 heteroatoms. The summed E-state index contributed by atoms with van der Waals surface area (Å²) in [5.41, 5.74) is 13.3. The summed E-state index contributed by atoms with van der Waals surface area (Å²) in [4.78, 5) is 23.5. The van der Waals surface area contributed by atoms with Gasteiger partial charge in [0.2, 0.25) is 26.0 Å². The predicted molar refractivity (Wildman–Crippen MR) is 411 cm³/mol. The Hall–Kier alpha value is -10.8. The van der Waals surface area contributed by atoms with Gasteiger partial charge in [0, 0.05) is 53.2 Å². The molecule has 0 spiro atoms. The summed E-state index contributed by atoms with van der Waals surface area (Å²) in [6, 6.07) is 49.2. The number of benzene rings is 7. The molecule has 3 aromatic heterocycles. The number of halogens is 7. The number of anilines is 4. The Kier molecular flexibility index (Phi) is 27.8. The van der Waals surface area contributed by atoms with Gasteiger partial charge in [0.05, 0.1) is 74.6 Å². The number of pyridine rings is 1. The number of hydrogen-bond acceptors (Lipinski definition) is 19. The van der Waals surface area contributed by atoms with Crippen LogP contribution in [0.25, 0.3) is 22.0 Å². The minimum absolute atomic E-state index is 0.0209. The SMILES string of the molecule is CCCOc1c(Cl)cc(C(C)(C)c2ccc(OCc3cc(NC(=O)C(F)(F)F)nn3C)cc2)cc1C#N.CCCOc1c(Cl)cc(C(C)(C)c2ccc(OCc3ccc(NS(C)(=O)=O)nc3N)cc2)cc1C#N.CS(=O)(=O)Nc1ncc2cc(-c3ccc(Oc4cc(Cl)c(OCCCl)c(C#N)c4)cc3)ccc2n1. The maximum absolute atomic E-state index is 12.5. The third-order valence-electron chi connectivity index (χ3n) is 16.1. The topological polar surface area (TPSA) is 331 Å². The monoisotopic (exact) mass is 1590 g/mol. The van der Waals surface area contributed by atoms with Gasteiger partial charge in [-0.25, -0.2) is 31.8 Å². The zero-order valence-corrected chi connectivity index (χ0v) is 64.4. The number of carbonyl (C=O) groups is 1. The molecule has 0 aliphatic rings. The zero-order valence-electron chi connectivity index (χ0n) is 59.7. The number of nitrogens with one attached hydrogen (secondary N) is 3. The van der Waals surface area contributed by atoms with Crippen molar-refractivity contribution in [2.24, 2.45) is 7.05 Å². The van der Waals surface area contributed by atoms with E-state index in [-0.39, 0.29) is 65.4 Å². The number of nitrogens with zero attached hydrogens (tertiary/aromatic N) is 8. The van der Waals surface area contributed by atoms with E-state index in [9.17, 15) is 50.6 Å². The molecule has 0 unspecified atom stereocenters. The lowest BCUT2D eigenvalue weighted by Gasteiger charge is -2.27. The molecule has 23 nitrogen and oxygen atoms in total. The van der Waals surface area contributed by atoms with E-state index in [0.717, 1.165) is 64.1 Å². The van der Waals surface area contributed by atoms with Crippen molar-refractivity contribution >= 4 is 107 Å². The van der Waals surface area contributed by atoms with E-state index >= 15 is 0 Å². The largest absolute Gasteiger partial charge is 0.491 e. The Bertz CT molecular complexity index is 5270. The summed E-state index contributed by atoms with van der Waals surface area (Å²) in [6.07, 6.45) is 0.252. The molecule has 0 saturated heterocycles. The second-order valence-corrected chi connectivity index (χ2v) is 30.2. The van der Waals surface area contributed by atoms with E-state index < -0.39 is 43.0 Å². The fourth-order valence-electron chi connectivity index (χ4n) is 10.4. The fourth-order valence-corrected chi connectivity index (χ4v) is 12.2. The first-order valence-electron chi connectivity index (χ1n) is 32.9. The van der Waals surface area contributed by atoms with Gasteiger partial charge in [-0.2, -0.15) is 34.1 Å². The van der Waals surface area contributed by atoms with Crippen LogP contribution in [-0.2, 0) is 55.9 Å². The lowest BCUT2D eigenvalue weighted by molar-refractivity contribution is -0.167. The van der Waals surface area contributed by atoms with Crippen LogP contribution in [0.4, 0.5) is 36.6 Å². The number of nitrogen functional groups attached to an aromatic ring is 1. The van der Waals surface area contributed by atoms with Crippen molar-refractivity contribution in [2.45, 2.75) is 84.6 Å². The van der Waals surface area contributed by atoms with Crippen LogP contribution in [0.5, 0.6) is 40.2 Å². The summed E-state index contributed by atoms with van der Waals surface area (Å²) in [6.45, 7) is 13.5. The van der Waals surface area contributed by atoms with Crippen molar-refractivity contribution in [3.05, 3.63) is 217 Å². The van der Waals surface area contributed by atoms with Crippen molar-refractivity contribution in [3.63, 3.8) is 0 Å². The van der Waals surface area contributed by atoms with Crippen LogP contribution in [0.15, 0.2) is 152 Å². The Morgan fingerprint density at radius 3 is 1.55 bits per heavy atom. The van der Waals surface area contributed by atoms with Gasteiger partial charge in [-0.3, -0.25) is 18.9 Å². The summed E-state index contributed by atoms with van der Waals surface area (Å²) in [5, 5.41) is 36.0. The van der Waals surface area contributed by atoms with E-state index in [2.05, 4.69) is 61.5 Å². The molecule has 10 aromatic rings. The van der Waals surface area contributed by atoms with Gasteiger partial charge in [-0.05, 0) is 131 Å². The number of alkyl halides is 4. The third-order valence-corrected chi connectivity index (χ3v) is 18.3. The van der Waals surface area contributed by atoms with Gasteiger partial charge < -0.3 is 39.5 Å². The van der Waals surface area contributed by atoms with E-state index in [0.29, 0.717) is 85.7 Å². The van der Waals surface area contributed by atoms with Crippen LogP contribution < -0.4 is 48.9 Å². The quantitative estimate of drug-likeness (QED) is 0.0347. The molecule has 0 saturated carbocycles. The van der Waals surface area contributed by atoms with Crippen molar-refractivity contribution in [3.8, 4) is 69.6 Å². The van der Waals surface area contributed by atoms with Crippen molar-refractivity contribution < 1.29 is 63.2 Å². The number of nitriles is 3. The van der Waals surface area contributed by atoms with Gasteiger partial charge in [0.1, 0.15) is 72.7 Å². The Labute approximate surface area is 643 Å². The normalized spacial score (nSPS) is 11.5. The van der Waals surface area contributed by atoms with E-state index in [1.807, 2.05) is 100 Å². The van der Waals surface area contributed by atoms with Crippen LogP contribution in [0.1, 0.15) is 105 Å². The number of amides is 1. The van der Waals surface area contributed by atoms with Crippen molar-refractivity contribution in [1.29, 1.82) is 15.8 Å². The molecule has 564 valence electrons. The highest BCUT2D eigenvalue weighted by Gasteiger charge is 2.39. The minimum Gasteiger partial charge on any atom is -0.491 e. The lowest BCUT2D eigenvalue weighted by atomic mass is 9.77. The number of hydrogen-bond donors (Lipinski definition) is 4. The maximum Gasteiger partial charge on any atom is 0.471 e. The van der Waals surface area contributed by atoms with Crippen molar-refractivity contribution in [2.75, 3.05) is 58.7 Å². The molecule has 0 bridgehead atoms. The molecule has 5 N–H and O–H groups in total. The predicted octanol–water partition coefficient (Wildman–Crippen LogP) is 17.0. The average Bonchev–Trinajstić information content (AvgIpc) is 0.870. The summed E-state index contributed by atoms with van der Waals surface area (Å²) < 4.78 is 123. The highest BCUT2D eigenvalue weighted by molar-refractivity contribution is 7.92. The van der Waals surface area contributed by atoms with Gasteiger partial charge in [0.15, 0.2) is 23.1 Å². The number of sulfonamides is 2. The molecule has 0 aliphatic heterocycles. The average molecular weight is 1590 g/mol. The van der Waals surface area contributed by atoms with E-state index in [4.69, 9.17) is 80.6 Å². The van der Waals surface area contributed by atoms with Gasteiger partial charge in [-0.15, -0.1) is 11.6 Å². The van der Waals surface area contributed by atoms with E-state index in [1.54, 1.807) is 72.2 Å². The first-order chi connectivity index (χ1) is 51.1. The molecule has 10 rings (SSSR count). The number of nitrogens with two attached hydrogens (primary N) is 1. The fraction of sp³-hybridized carbons (Fsp3) is 0.263. The molecule has 0 aliphatic carbocycles. The Morgan fingerprint density at radius 2 is 1.06 bits per heavy atom. The highest BCUT2D eigenvalue weighted by atomic mass is 35.5. The number of ether oxygens (including phenoxy) is 6. The zero-order chi connectivity index (χ0) is 78.9. The smallest absolute Gasteiger partial charge is 0.471 e. The molecular formula is C76H73Cl4F3N12O11S2. The molecule has 1 amide bonds. The van der Waals surface area contributed by atoms with Gasteiger partial charge >= 0.3 is 12.1 Å². The molecule has 7 aromatic carbocycles. The Morgan fingerprint density at radius 1 is 0.565 bits per heavy atom. The first-order valence-corrected chi connectivity index (χ1v) is 38.3. The molecule has 108 heavy (non-hydrogen) atoms. The number of aryl methyl sites for hydroxylation is 1. The number of aromatic nitrogens is 5. The van der Waals surface area contributed by atoms with Crippen LogP contribution in [0.2, 0.25) is 15.1 Å². The molecule has 0 atom stereocenters. The van der Waals surface area contributed by atoms with Crippen LogP contribution >= 0.6 is 46.4 Å². The minimum atomic E-state index is -5.00. The molecule has 3 heterocycles. The number of carbonyl (C=O) groups excluding carboxylic acids is 1.